The van der Waals surface area contributed by atoms with E-state index < -0.39 is 15.6 Å². The van der Waals surface area contributed by atoms with Crippen molar-refractivity contribution in [1.29, 1.82) is 0 Å². The van der Waals surface area contributed by atoms with Crippen LogP contribution < -0.4 is 0 Å². The van der Waals surface area contributed by atoms with Crippen molar-refractivity contribution >= 4 is 10.0 Å². The molecule has 2 fully saturated rings. The van der Waals surface area contributed by atoms with Gasteiger partial charge in [0, 0.05) is 6.54 Å². The fourth-order valence-electron chi connectivity index (χ4n) is 2.24. The number of hydrogen-bond donors (Lipinski definition) is 1. The Morgan fingerprint density at radius 3 is 2.31 bits per heavy atom. The van der Waals surface area contributed by atoms with E-state index in [-0.39, 0.29) is 12.4 Å². The van der Waals surface area contributed by atoms with Gasteiger partial charge in [-0.2, -0.15) is 4.31 Å². The number of aliphatic hydroxyl groups is 1. The Balaban J connectivity index is 2.24. The van der Waals surface area contributed by atoms with Crippen molar-refractivity contribution < 1.29 is 13.5 Å². The first-order valence-electron chi connectivity index (χ1n) is 4.72. The van der Waals surface area contributed by atoms with Gasteiger partial charge in [0.15, 0.2) is 0 Å². The minimum Gasteiger partial charge on any atom is -0.394 e. The van der Waals surface area contributed by atoms with Gasteiger partial charge < -0.3 is 5.11 Å². The van der Waals surface area contributed by atoms with E-state index in [4.69, 9.17) is 0 Å². The van der Waals surface area contributed by atoms with E-state index in [9.17, 15) is 13.5 Å². The Hall–Kier alpha value is -0.130. The maximum atomic E-state index is 11.6. The summed E-state index contributed by atoms with van der Waals surface area (Å²) >= 11 is 0. The highest BCUT2D eigenvalue weighted by molar-refractivity contribution is 7.89. The van der Waals surface area contributed by atoms with Gasteiger partial charge in [0.2, 0.25) is 10.0 Å². The Morgan fingerprint density at radius 1 is 1.31 bits per heavy atom. The summed E-state index contributed by atoms with van der Waals surface area (Å²) in [5, 5.41) is 9.22. The number of rotatable bonds is 2. The normalized spacial score (nSPS) is 31.5. The van der Waals surface area contributed by atoms with E-state index in [1.807, 2.05) is 0 Å². The van der Waals surface area contributed by atoms with E-state index in [1.54, 1.807) is 0 Å². The molecule has 0 unspecified atom stereocenters. The monoisotopic (exact) mass is 205 g/mol. The van der Waals surface area contributed by atoms with Crippen LogP contribution >= 0.6 is 0 Å². The molecule has 76 valence electrons. The zero-order valence-electron chi connectivity index (χ0n) is 7.57. The maximum absolute atomic E-state index is 11.6. The molecule has 1 saturated carbocycles. The van der Waals surface area contributed by atoms with Crippen LogP contribution in [0, 0.1) is 0 Å². The average Bonchev–Trinajstić information content (AvgIpc) is 2.31. The van der Waals surface area contributed by atoms with E-state index in [2.05, 4.69) is 0 Å². The predicted octanol–water partition coefficient (Wildman–Crippen LogP) is -0.0631. The molecule has 0 aromatic rings. The van der Waals surface area contributed by atoms with Crippen molar-refractivity contribution in [1.82, 2.24) is 4.31 Å². The molecule has 0 bridgehead atoms. The minimum atomic E-state index is -3.04. The number of nitrogens with zero attached hydrogens (tertiary/aromatic N) is 1. The van der Waals surface area contributed by atoms with E-state index in [1.165, 1.54) is 4.31 Å². The van der Waals surface area contributed by atoms with Crippen LogP contribution in [0.3, 0.4) is 0 Å². The molecule has 0 radical (unpaired) electrons. The standard InChI is InChI=1S/C8H15NO3S/c10-7-8(3-1-4-8)9-5-2-6-13(9,11)12/h10H,1-7H2. The summed E-state index contributed by atoms with van der Waals surface area (Å²) < 4.78 is 24.7. The van der Waals surface area contributed by atoms with Crippen LogP contribution in [0.15, 0.2) is 0 Å². The molecule has 0 spiro atoms. The second-order valence-electron chi connectivity index (χ2n) is 3.98. The molecule has 1 aliphatic heterocycles. The van der Waals surface area contributed by atoms with Crippen molar-refractivity contribution in [3.8, 4) is 0 Å². The van der Waals surface area contributed by atoms with Crippen LogP contribution in [0.4, 0.5) is 0 Å². The fourth-order valence-corrected chi connectivity index (χ4v) is 4.20. The number of hydrogen-bond acceptors (Lipinski definition) is 3. The Labute approximate surface area is 78.6 Å². The first-order valence-corrected chi connectivity index (χ1v) is 6.33. The van der Waals surface area contributed by atoms with Crippen LogP contribution in [0.25, 0.3) is 0 Å². The Morgan fingerprint density at radius 2 is 2.00 bits per heavy atom. The van der Waals surface area contributed by atoms with E-state index in [0.29, 0.717) is 13.0 Å². The second kappa shape index (κ2) is 2.93. The molecular formula is C8H15NO3S. The lowest BCUT2D eigenvalue weighted by molar-refractivity contribution is 0.0287. The lowest BCUT2D eigenvalue weighted by Gasteiger charge is -2.46. The third-order valence-electron chi connectivity index (χ3n) is 3.21. The molecular weight excluding hydrogens is 190 g/mol. The highest BCUT2D eigenvalue weighted by Crippen LogP contribution is 2.40. The SMILES string of the molecule is O=S1(=O)CCCN1C1(CO)CCC1. The topological polar surface area (TPSA) is 57.6 Å². The highest BCUT2D eigenvalue weighted by Gasteiger charge is 2.49. The maximum Gasteiger partial charge on any atom is 0.214 e. The Bertz CT molecular complexity index is 289. The molecule has 1 N–H and O–H groups in total. The molecule has 2 rings (SSSR count). The molecule has 0 aromatic heterocycles. The highest BCUT2D eigenvalue weighted by atomic mass is 32.2. The molecule has 1 aliphatic carbocycles. The van der Waals surface area contributed by atoms with Crippen LogP contribution in [0.2, 0.25) is 0 Å². The number of aliphatic hydroxyl groups excluding tert-OH is 1. The predicted molar refractivity (Wildman–Crippen MR) is 48.8 cm³/mol. The summed E-state index contributed by atoms with van der Waals surface area (Å²) in [6, 6.07) is 0. The lowest BCUT2D eigenvalue weighted by Crippen LogP contribution is -2.56. The molecule has 0 aromatic carbocycles. The first kappa shape index (κ1) is 9.43. The molecule has 5 heteroatoms. The van der Waals surface area contributed by atoms with Gasteiger partial charge in [0.05, 0.1) is 17.9 Å². The number of sulfonamides is 1. The van der Waals surface area contributed by atoms with Gasteiger partial charge >= 0.3 is 0 Å². The van der Waals surface area contributed by atoms with Gasteiger partial charge in [-0.15, -0.1) is 0 Å². The molecule has 1 saturated heterocycles. The first-order chi connectivity index (χ1) is 6.11. The molecule has 0 amide bonds. The summed E-state index contributed by atoms with van der Waals surface area (Å²) in [5.74, 6) is 0.259. The Kier molecular flexibility index (Phi) is 2.13. The van der Waals surface area contributed by atoms with Crippen LogP contribution in [-0.2, 0) is 10.0 Å². The van der Waals surface area contributed by atoms with Crippen LogP contribution in [0.1, 0.15) is 25.7 Å². The third-order valence-corrected chi connectivity index (χ3v) is 5.25. The van der Waals surface area contributed by atoms with Crippen LogP contribution in [-0.4, -0.2) is 42.3 Å². The lowest BCUT2D eigenvalue weighted by atomic mass is 9.77. The zero-order valence-corrected chi connectivity index (χ0v) is 8.39. The molecule has 13 heavy (non-hydrogen) atoms. The van der Waals surface area contributed by atoms with Crippen molar-refractivity contribution in [3.05, 3.63) is 0 Å². The largest absolute Gasteiger partial charge is 0.394 e. The van der Waals surface area contributed by atoms with Crippen molar-refractivity contribution in [2.45, 2.75) is 31.2 Å². The fraction of sp³-hybridized carbons (Fsp3) is 1.00. The summed E-state index contributed by atoms with van der Waals surface area (Å²) in [4.78, 5) is 0. The van der Waals surface area contributed by atoms with Gasteiger partial charge in [-0.1, -0.05) is 0 Å². The second-order valence-corrected chi connectivity index (χ2v) is 5.99. The smallest absolute Gasteiger partial charge is 0.214 e. The van der Waals surface area contributed by atoms with E-state index in [0.717, 1.165) is 19.3 Å². The van der Waals surface area contributed by atoms with Gasteiger partial charge in [0.25, 0.3) is 0 Å². The van der Waals surface area contributed by atoms with Gasteiger partial charge in [-0.3, -0.25) is 0 Å². The van der Waals surface area contributed by atoms with Crippen molar-refractivity contribution in [2.75, 3.05) is 18.9 Å². The molecule has 2 aliphatic rings. The summed E-state index contributed by atoms with van der Waals surface area (Å²) in [6.07, 6.45) is 3.39. The third kappa shape index (κ3) is 1.30. The van der Waals surface area contributed by atoms with Gasteiger partial charge in [0.1, 0.15) is 0 Å². The van der Waals surface area contributed by atoms with E-state index >= 15 is 0 Å². The summed E-state index contributed by atoms with van der Waals surface area (Å²) in [5.41, 5.74) is -0.421. The quantitative estimate of drug-likeness (QED) is 0.687. The zero-order chi connectivity index (χ0) is 9.53. The van der Waals surface area contributed by atoms with Gasteiger partial charge in [-0.05, 0) is 25.7 Å². The van der Waals surface area contributed by atoms with Crippen molar-refractivity contribution in [2.24, 2.45) is 0 Å². The average molecular weight is 205 g/mol. The molecule has 4 nitrogen and oxygen atoms in total. The minimum absolute atomic E-state index is 0.0216. The van der Waals surface area contributed by atoms with Crippen LogP contribution in [0.5, 0.6) is 0 Å². The summed E-state index contributed by atoms with van der Waals surface area (Å²) in [6.45, 7) is 0.578. The van der Waals surface area contributed by atoms with Gasteiger partial charge in [-0.25, -0.2) is 8.42 Å². The molecule has 1 heterocycles. The van der Waals surface area contributed by atoms with Crippen molar-refractivity contribution in [3.63, 3.8) is 0 Å². The summed E-state index contributed by atoms with van der Waals surface area (Å²) in [7, 11) is -3.04. The molecule has 0 atom stereocenters.